The lowest BCUT2D eigenvalue weighted by Gasteiger charge is -2.13. The number of halogens is 2. The molecule has 0 aliphatic rings. The minimum absolute atomic E-state index is 0.0835. The van der Waals surface area contributed by atoms with Gasteiger partial charge in [0, 0.05) is 0 Å². The van der Waals surface area contributed by atoms with E-state index in [4.69, 9.17) is 14.9 Å². The summed E-state index contributed by atoms with van der Waals surface area (Å²) in [5.41, 5.74) is 0.0835. The van der Waals surface area contributed by atoms with Gasteiger partial charge in [-0.15, -0.1) is 0 Å². The zero-order chi connectivity index (χ0) is 10.1. The summed E-state index contributed by atoms with van der Waals surface area (Å²) in [6.07, 6.45) is 1.39. The largest absolute Gasteiger partial charge is 0.494 e. The lowest BCUT2D eigenvalue weighted by Crippen LogP contribution is -2.17. The van der Waals surface area contributed by atoms with Crippen LogP contribution in [0.5, 0.6) is 5.75 Å². The number of alkyl halides is 1. The van der Waals surface area contributed by atoms with Crippen LogP contribution < -0.4 is 4.74 Å². The SMILES string of the molecule is COc1cnc(C(O)(O)Br)cc1Br. The molecule has 1 rings (SSSR count). The van der Waals surface area contributed by atoms with E-state index in [0.29, 0.717) is 10.2 Å². The summed E-state index contributed by atoms with van der Waals surface area (Å²) in [5.74, 6) is 0.528. The summed E-state index contributed by atoms with van der Waals surface area (Å²) in [5, 5.41) is 18.3. The lowest BCUT2D eigenvalue weighted by molar-refractivity contribution is -0.0775. The molecule has 0 aliphatic heterocycles. The van der Waals surface area contributed by atoms with E-state index in [1.54, 1.807) is 0 Å². The molecular weight excluding hydrogens is 306 g/mol. The first-order chi connectivity index (χ1) is 5.95. The van der Waals surface area contributed by atoms with Gasteiger partial charge < -0.3 is 14.9 Å². The van der Waals surface area contributed by atoms with Gasteiger partial charge >= 0.3 is 0 Å². The third-order valence-electron chi connectivity index (χ3n) is 1.37. The first-order valence-corrected chi connectivity index (χ1v) is 4.87. The van der Waals surface area contributed by atoms with Gasteiger partial charge in [-0.1, -0.05) is 0 Å². The highest BCUT2D eigenvalue weighted by Gasteiger charge is 2.23. The van der Waals surface area contributed by atoms with Crippen molar-refractivity contribution in [3.8, 4) is 5.75 Å². The zero-order valence-electron chi connectivity index (χ0n) is 6.66. The summed E-state index contributed by atoms with van der Waals surface area (Å²) < 4.78 is 3.42. The molecule has 0 aromatic carbocycles. The Morgan fingerprint density at radius 1 is 1.54 bits per heavy atom. The summed E-state index contributed by atoms with van der Waals surface area (Å²) in [4.78, 5) is 3.78. The number of aliphatic hydroxyl groups is 2. The van der Waals surface area contributed by atoms with Crippen LogP contribution in [-0.2, 0) is 4.70 Å². The van der Waals surface area contributed by atoms with Crippen LogP contribution in [0.25, 0.3) is 0 Å². The summed E-state index contributed by atoms with van der Waals surface area (Å²) in [6, 6.07) is 1.45. The van der Waals surface area contributed by atoms with E-state index in [2.05, 4.69) is 36.8 Å². The highest BCUT2D eigenvalue weighted by atomic mass is 79.9. The fraction of sp³-hybridized carbons (Fsp3) is 0.286. The molecule has 0 atom stereocenters. The summed E-state index contributed by atoms with van der Waals surface area (Å²) >= 11 is 5.85. The van der Waals surface area contributed by atoms with Crippen molar-refractivity contribution in [2.45, 2.75) is 4.70 Å². The highest BCUT2D eigenvalue weighted by molar-refractivity contribution is 9.10. The molecule has 0 unspecified atom stereocenters. The van der Waals surface area contributed by atoms with Crippen molar-refractivity contribution in [1.29, 1.82) is 0 Å². The first-order valence-electron chi connectivity index (χ1n) is 3.29. The highest BCUT2D eigenvalue weighted by Crippen LogP contribution is 2.29. The third kappa shape index (κ3) is 2.63. The molecule has 0 saturated heterocycles. The van der Waals surface area contributed by atoms with Gasteiger partial charge in [-0.3, -0.25) is 4.98 Å². The van der Waals surface area contributed by atoms with Crippen LogP contribution in [0.1, 0.15) is 5.69 Å². The molecule has 0 amide bonds. The normalized spacial score (nSPS) is 11.5. The number of rotatable bonds is 2. The van der Waals surface area contributed by atoms with Gasteiger partial charge in [0.15, 0.2) is 5.75 Å². The van der Waals surface area contributed by atoms with Gasteiger partial charge in [0.25, 0.3) is 4.70 Å². The van der Waals surface area contributed by atoms with E-state index in [9.17, 15) is 0 Å². The second-order valence-corrected chi connectivity index (χ2v) is 4.25. The molecule has 0 radical (unpaired) electrons. The number of hydrogen-bond acceptors (Lipinski definition) is 4. The van der Waals surface area contributed by atoms with Crippen LogP contribution in [0, 0.1) is 0 Å². The number of ether oxygens (including phenoxy) is 1. The lowest BCUT2D eigenvalue weighted by atomic mass is 10.3. The van der Waals surface area contributed by atoms with Crippen LogP contribution in [-0.4, -0.2) is 22.3 Å². The van der Waals surface area contributed by atoms with Gasteiger partial charge in [0.2, 0.25) is 0 Å². The minimum atomic E-state index is -2.11. The molecule has 1 heterocycles. The van der Waals surface area contributed by atoms with Gasteiger partial charge in [0.05, 0.1) is 17.8 Å². The molecule has 72 valence electrons. The van der Waals surface area contributed by atoms with Crippen molar-refractivity contribution in [2.24, 2.45) is 0 Å². The molecule has 1 aromatic rings. The van der Waals surface area contributed by atoms with Crippen molar-refractivity contribution < 1.29 is 14.9 Å². The first kappa shape index (κ1) is 10.9. The maximum absolute atomic E-state index is 9.13. The molecule has 4 nitrogen and oxygen atoms in total. The third-order valence-corrected chi connectivity index (χ3v) is 2.39. The van der Waals surface area contributed by atoms with Crippen molar-refractivity contribution in [2.75, 3.05) is 7.11 Å². The van der Waals surface area contributed by atoms with E-state index in [0.717, 1.165) is 0 Å². The Labute approximate surface area is 91.8 Å². The van der Waals surface area contributed by atoms with Crippen molar-refractivity contribution in [3.63, 3.8) is 0 Å². The van der Waals surface area contributed by atoms with Crippen LogP contribution in [0.3, 0.4) is 0 Å². The fourth-order valence-electron chi connectivity index (χ4n) is 0.742. The monoisotopic (exact) mass is 311 g/mol. The molecular formula is C7H7Br2NO3. The van der Waals surface area contributed by atoms with Crippen molar-refractivity contribution in [3.05, 3.63) is 22.4 Å². The smallest absolute Gasteiger partial charge is 0.266 e. The molecule has 13 heavy (non-hydrogen) atoms. The Kier molecular flexibility index (Phi) is 3.28. The second kappa shape index (κ2) is 3.91. The standard InChI is InChI=1S/C7H7Br2NO3/c1-13-5-3-10-6(2-4(5)8)7(9,11)12/h2-3,11-12H,1H3. The van der Waals surface area contributed by atoms with Gasteiger partial charge in [0.1, 0.15) is 5.69 Å². The topological polar surface area (TPSA) is 62.6 Å². The Morgan fingerprint density at radius 3 is 2.54 bits per heavy atom. The van der Waals surface area contributed by atoms with Crippen molar-refractivity contribution in [1.82, 2.24) is 4.98 Å². The maximum atomic E-state index is 9.13. The molecule has 1 aromatic heterocycles. The van der Waals surface area contributed by atoms with Crippen LogP contribution in [0.15, 0.2) is 16.7 Å². The predicted octanol–water partition coefficient (Wildman–Crippen LogP) is 1.34. The average molecular weight is 313 g/mol. The molecule has 0 saturated carbocycles. The van der Waals surface area contributed by atoms with E-state index in [1.165, 1.54) is 19.4 Å². The number of nitrogens with zero attached hydrogens (tertiary/aromatic N) is 1. The Hall–Kier alpha value is -0.170. The van der Waals surface area contributed by atoms with Gasteiger partial charge in [-0.2, -0.15) is 0 Å². The van der Waals surface area contributed by atoms with Crippen LogP contribution in [0.2, 0.25) is 0 Å². The molecule has 0 bridgehead atoms. The second-order valence-electron chi connectivity index (χ2n) is 2.29. The molecule has 0 aliphatic carbocycles. The van der Waals surface area contributed by atoms with E-state index >= 15 is 0 Å². The minimum Gasteiger partial charge on any atom is -0.494 e. The number of aromatic nitrogens is 1. The summed E-state index contributed by atoms with van der Waals surface area (Å²) in [7, 11) is 1.50. The maximum Gasteiger partial charge on any atom is 0.266 e. The molecule has 0 spiro atoms. The van der Waals surface area contributed by atoms with E-state index in [-0.39, 0.29) is 5.69 Å². The Morgan fingerprint density at radius 2 is 2.15 bits per heavy atom. The van der Waals surface area contributed by atoms with Crippen LogP contribution >= 0.6 is 31.9 Å². The van der Waals surface area contributed by atoms with Gasteiger partial charge in [-0.25, -0.2) is 0 Å². The van der Waals surface area contributed by atoms with E-state index < -0.39 is 4.70 Å². The Bertz CT molecular complexity index is 311. The van der Waals surface area contributed by atoms with Crippen LogP contribution in [0.4, 0.5) is 0 Å². The molecule has 0 fully saturated rings. The summed E-state index contributed by atoms with van der Waals surface area (Å²) in [6.45, 7) is 0. The molecule has 2 N–H and O–H groups in total. The zero-order valence-corrected chi connectivity index (χ0v) is 9.83. The predicted molar refractivity (Wildman–Crippen MR) is 53.5 cm³/mol. The van der Waals surface area contributed by atoms with E-state index in [1.807, 2.05) is 0 Å². The quantitative estimate of drug-likeness (QED) is 0.639. The Balaban J connectivity index is 3.10. The van der Waals surface area contributed by atoms with Gasteiger partial charge in [-0.05, 0) is 37.9 Å². The van der Waals surface area contributed by atoms with Crippen molar-refractivity contribution >= 4 is 31.9 Å². The number of pyridine rings is 1. The number of methoxy groups -OCH3 is 1. The average Bonchev–Trinajstić information content (AvgIpc) is 2.02. The molecule has 6 heteroatoms. The fourth-order valence-corrected chi connectivity index (χ4v) is 1.44. The number of hydrogen-bond donors (Lipinski definition) is 2.